The third-order valence-corrected chi connectivity index (χ3v) is 6.16. The van der Waals surface area contributed by atoms with Gasteiger partial charge in [-0.15, -0.1) is 0 Å². The first-order valence-electron chi connectivity index (χ1n) is 11.4. The van der Waals surface area contributed by atoms with Crippen LogP contribution in [0.2, 0.25) is 0 Å². The van der Waals surface area contributed by atoms with Gasteiger partial charge >= 0.3 is 5.69 Å². The van der Waals surface area contributed by atoms with Gasteiger partial charge in [-0.3, -0.25) is 18.6 Å². The fourth-order valence-electron chi connectivity index (χ4n) is 4.15. The average Bonchev–Trinajstić information content (AvgIpc) is 3.42. The molecule has 0 unspecified atom stereocenters. The predicted octanol–water partition coefficient (Wildman–Crippen LogP) is 4.18. The SMILES string of the molecule is CCCCCn1c2c(c(=O)n(CCCc3cnn(Cc4c(F)cccc4F)c3)c1=O)CC(Cl)=N2. The smallest absolute Gasteiger partial charge is 0.278 e. The van der Waals surface area contributed by atoms with Crippen molar-refractivity contribution in [2.24, 2.45) is 4.99 Å². The summed E-state index contributed by atoms with van der Waals surface area (Å²) in [6.45, 7) is 2.79. The number of hydrogen-bond acceptors (Lipinski definition) is 4. The van der Waals surface area contributed by atoms with E-state index in [1.54, 1.807) is 17.0 Å². The Hall–Kier alpha value is -3.07. The number of benzene rings is 1. The molecule has 10 heteroatoms. The Morgan fingerprint density at radius 2 is 1.79 bits per heavy atom. The van der Waals surface area contributed by atoms with E-state index in [4.69, 9.17) is 11.6 Å². The van der Waals surface area contributed by atoms with Gasteiger partial charge in [0.2, 0.25) is 0 Å². The molecule has 0 radical (unpaired) electrons. The normalized spacial score (nSPS) is 12.8. The van der Waals surface area contributed by atoms with Crippen LogP contribution in [0, 0.1) is 11.6 Å². The number of aryl methyl sites for hydroxylation is 1. The first-order valence-corrected chi connectivity index (χ1v) is 11.8. The summed E-state index contributed by atoms with van der Waals surface area (Å²) in [6.07, 6.45) is 7.46. The minimum atomic E-state index is -0.618. The van der Waals surface area contributed by atoms with E-state index in [1.165, 1.54) is 27.4 Å². The quantitative estimate of drug-likeness (QED) is 0.401. The number of unbranched alkanes of at least 4 members (excludes halogenated alkanes) is 2. The van der Waals surface area contributed by atoms with Crippen LogP contribution >= 0.6 is 11.6 Å². The number of aliphatic imine (C=N–C) groups is 1. The van der Waals surface area contributed by atoms with Crippen molar-refractivity contribution in [3.63, 3.8) is 0 Å². The summed E-state index contributed by atoms with van der Waals surface area (Å²) in [5.74, 6) is -0.853. The second-order valence-electron chi connectivity index (χ2n) is 8.42. The minimum Gasteiger partial charge on any atom is -0.278 e. The molecular weight excluding hydrogens is 464 g/mol. The minimum absolute atomic E-state index is 0.0218. The molecule has 0 N–H and O–H groups in total. The Morgan fingerprint density at radius 3 is 2.53 bits per heavy atom. The first-order chi connectivity index (χ1) is 16.4. The largest absolute Gasteiger partial charge is 0.332 e. The summed E-state index contributed by atoms with van der Waals surface area (Å²) in [7, 11) is 0. The molecule has 0 spiro atoms. The Labute approximate surface area is 200 Å². The van der Waals surface area contributed by atoms with Gasteiger partial charge in [-0.05, 0) is 37.0 Å². The number of hydrogen-bond donors (Lipinski definition) is 0. The lowest BCUT2D eigenvalue weighted by atomic mass is 10.2. The Balaban J connectivity index is 1.47. The monoisotopic (exact) mass is 489 g/mol. The highest BCUT2D eigenvalue weighted by Gasteiger charge is 2.24. The highest BCUT2D eigenvalue weighted by Crippen LogP contribution is 2.24. The second-order valence-corrected chi connectivity index (χ2v) is 8.85. The fourth-order valence-corrected chi connectivity index (χ4v) is 4.37. The van der Waals surface area contributed by atoms with Gasteiger partial charge in [0.1, 0.15) is 22.6 Å². The molecule has 3 heterocycles. The van der Waals surface area contributed by atoms with Crippen LogP contribution in [0.15, 0.2) is 45.2 Å². The van der Waals surface area contributed by atoms with Crippen LogP contribution in [-0.4, -0.2) is 24.1 Å². The summed E-state index contributed by atoms with van der Waals surface area (Å²) in [6, 6.07) is 3.75. The van der Waals surface area contributed by atoms with Gasteiger partial charge in [0.05, 0.1) is 18.3 Å². The van der Waals surface area contributed by atoms with Crippen LogP contribution in [0.3, 0.4) is 0 Å². The summed E-state index contributed by atoms with van der Waals surface area (Å²) in [5, 5.41) is 4.50. The lowest BCUT2D eigenvalue weighted by Gasteiger charge is -2.14. The van der Waals surface area contributed by atoms with Gasteiger partial charge < -0.3 is 0 Å². The summed E-state index contributed by atoms with van der Waals surface area (Å²) >= 11 is 6.08. The predicted molar refractivity (Wildman–Crippen MR) is 127 cm³/mol. The molecule has 4 rings (SSSR count). The number of aromatic nitrogens is 4. The van der Waals surface area contributed by atoms with E-state index >= 15 is 0 Å². The standard InChI is InChI=1S/C24H26ClF2N5O2/c1-2-3-4-10-31-22-17(12-21(25)29-22)23(33)32(24(31)34)11-6-7-16-13-28-30(14-16)15-18-19(26)8-5-9-20(18)27/h5,8-9,13-14H,2-4,6-7,10-12,15H2,1H3. The Kier molecular flexibility index (Phi) is 7.41. The van der Waals surface area contributed by atoms with Crippen molar-refractivity contribution in [1.29, 1.82) is 0 Å². The lowest BCUT2D eigenvalue weighted by Crippen LogP contribution is -2.41. The summed E-state index contributed by atoms with van der Waals surface area (Å²) < 4.78 is 32.1. The van der Waals surface area contributed by atoms with Crippen molar-refractivity contribution in [3.05, 3.63) is 79.8 Å². The highest BCUT2D eigenvalue weighted by atomic mass is 35.5. The zero-order valence-electron chi connectivity index (χ0n) is 18.9. The van der Waals surface area contributed by atoms with E-state index in [1.807, 2.05) is 0 Å². The van der Waals surface area contributed by atoms with E-state index < -0.39 is 11.6 Å². The van der Waals surface area contributed by atoms with Crippen molar-refractivity contribution in [1.82, 2.24) is 18.9 Å². The van der Waals surface area contributed by atoms with Crippen LogP contribution in [0.5, 0.6) is 0 Å². The molecule has 1 aromatic carbocycles. The first kappa shape index (κ1) is 24.1. The van der Waals surface area contributed by atoms with Gasteiger partial charge in [-0.25, -0.2) is 18.6 Å². The molecule has 0 saturated carbocycles. The van der Waals surface area contributed by atoms with Crippen molar-refractivity contribution >= 4 is 22.6 Å². The zero-order chi connectivity index (χ0) is 24.2. The lowest BCUT2D eigenvalue weighted by molar-refractivity contribution is 0.513. The molecule has 0 fully saturated rings. The highest BCUT2D eigenvalue weighted by molar-refractivity contribution is 6.66. The molecule has 7 nitrogen and oxygen atoms in total. The number of nitrogens with zero attached hydrogens (tertiary/aromatic N) is 5. The third-order valence-electron chi connectivity index (χ3n) is 5.94. The third kappa shape index (κ3) is 5.04. The van der Waals surface area contributed by atoms with Gasteiger partial charge in [-0.2, -0.15) is 5.10 Å². The van der Waals surface area contributed by atoms with Crippen molar-refractivity contribution in [2.45, 2.75) is 65.1 Å². The van der Waals surface area contributed by atoms with Gasteiger partial charge in [-0.1, -0.05) is 37.4 Å². The average molecular weight is 490 g/mol. The van der Waals surface area contributed by atoms with Gasteiger partial charge in [0.15, 0.2) is 0 Å². The molecule has 0 amide bonds. The molecule has 1 aliphatic rings. The van der Waals surface area contributed by atoms with Gasteiger partial charge in [0, 0.05) is 31.3 Å². The molecule has 0 atom stereocenters. The van der Waals surface area contributed by atoms with E-state index in [2.05, 4.69) is 17.0 Å². The molecule has 34 heavy (non-hydrogen) atoms. The van der Waals surface area contributed by atoms with E-state index in [0.717, 1.165) is 24.8 Å². The summed E-state index contributed by atoms with van der Waals surface area (Å²) in [5.41, 5.74) is 0.533. The molecule has 0 bridgehead atoms. The van der Waals surface area contributed by atoms with Gasteiger partial charge in [0.25, 0.3) is 5.56 Å². The van der Waals surface area contributed by atoms with Crippen LogP contribution in [0.25, 0.3) is 0 Å². The number of halogens is 3. The molecule has 0 saturated heterocycles. The van der Waals surface area contributed by atoms with E-state index in [-0.39, 0.29) is 36.3 Å². The van der Waals surface area contributed by atoms with Crippen LogP contribution in [0.1, 0.15) is 49.3 Å². The molecule has 1 aliphatic heterocycles. The number of rotatable bonds is 10. The summed E-state index contributed by atoms with van der Waals surface area (Å²) in [4.78, 5) is 30.3. The maximum atomic E-state index is 13.9. The molecular formula is C24H26ClF2N5O2. The maximum Gasteiger partial charge on any atom is 0.332 e. The zero-order valence-corrected chi connectivity index (χ0v) is 19.7. The van der Waals surface area contributed by atoms with Crippen molar-refractivity contribution < 1.29 is 8.78 Å². The van der Waals surface area contributed by atoms with E-state index in [9.17, 15) is 18.4 Å². The Morgan fingerprint density at radius 1 is 1.06 bits per heavy atom. The second kappa shape index (κ2) is 10.5. The Bertz CT molecular complexity index is 1320. The number of fused-ring (bicyclic) bond motifs is 1. The maximum absolute atomic E-state index is 13.9. The van der Waals surface area contributed by atoms with Crippen LogP contribution in [-0.2, 0) is 32.5 Å². The molecule has 180 valence electrons. The fraction of sp³-hybridized carbons (Fsp3) is 0.417. The van der Waals surface area contributed by atoms with E-state index in [0.29, 0.717) is 35.9 Å². The molecule has 3 aromatic rings. The van der Waals surface area contributed by atoms with Crippen molar-refractivity contribution in [2.75, 3.05) is 0 Å². The topological polar surface area (TPSA) is 74.2 Å². The molecule has 0 aliphatic carbocycles. The van der Waals surface area contributed by atoms with Crippen LogP contribution in [0.4, 0.5) is 14.6 Å². The molecule has 2 aromatic heterocycles. The van der Waals surface area contributed by atoms with Crippen LogP contribution < -0.4 is 11.2 Å². The van der Waals surface area contributed by atoms with Crippen molar-refractivity contribution in [3.8, 4) is 0 Å².